The third-order valence-electron chi connectivity index (χ3n) is 3.08. The molecule has 0 aliphatic rings. The van der Waals surface area contributed by atoms with Crippen LogP contribution in [0.4, 0.5) is 0 Å². The van der Waals surface area contributed by atoms with Gasteiger partial charge < -0.3 is 10.0 Å². The molecule has 0 fully saturated rings. The summed E-state index contributed by atoms with van der Waals surface area (Å²) in [6.07, 6.45) is 0.736. The average molecular weight is 249 g/mol. The van der Waals surface area contributed by atoms with Gasteiger partial charge in [-0.3, -0.25) is 9.59 Å². The number of nitrogens with zero attached hydrogens (tertiary/aromatic N) is 1. The number of rotatable bonds is 5. The zero-order valence-electron chi connectivity index (χ0n) is 11.0. The van der Waals surface area contributed by atoms with Gasteiger partial charge in [-0.1, -0.05) is 25.1 Å². The molecule has 1 atom stereocenters. The summed E-state index contributed by atoms with van der Waals surface area (Å²) in [4.78, 5) is 24.4. The van der Waals surface area contributed by atoms with Gasteiger partial charge in [0.05, 0.1) is 6.42 Å². The van der Waals surface area contributed by atoms with Gasteiger partial charge in [0.2, 0.25) is 0 Å². The minimum absolute atomic E-state index is 0.0451. The van der Waals surface area contributed by atoms with Gasteiger partial charge in [0, 0.05) is 18.7 Å². The Bertz CT molecular complexity index is 442. The highest BCUT2D eigenvalue weighted by Crippen LogP contribution is 2.14. The van der Waals surface area contributed by atoms with E-state index in [9.17, 15) is 9.59 Å². The first-order valence-electron chi connectivity index (χ1n) is 6.04. The van der Waals surface area contributed by atoms with Crippen molar-refractivity contribution in [2.24, 2.45) is 0 Å². The van der Waals surface area contributed by atoms with Crippen LogP contribution in [0.25, 0.3) is 0 Å². The van der Waals surface area contributed by atoms with Gasteiger partial charge in [-0.05, 0) is 25.0 Å². The largest absolute Gasteiger partial charge is 0.481 e. The van der Waals surface area contributed by atoms with E-state index in [-0.39, 0.29) is 18.4 Å². The molecule has 4 heteroatoms. The number of aryl methyl sites for hydroxylation is 1. The number of hydrogen-bond acceptors (Lipinski definition) is 2. The molecule has 0 heterocycles. The van der Waals surface area contributed by atoms with Crippen molar-refractivity contribution in [3.63, 3.8) is 0 Å². The molecule has 0 aliphatic heterocycles. The molecule has 1 N–H and O–H groups in total. The Morgan fingerprint density at radius 2 is 1.94 bits per heavy atom. The second kappa shape index (κ2) is 6.19. The van der Waals surface area contributed by atoms with Gasteiger partial charge in [-0.15, -0.1) is 0 Å². The predicted molar refractivity (Wildman–Crippen MR) is 69.6 cm³/mol. The van der Waals surface area contributed by atoms with Crippen LogP contribution in [0, 0.1) is 0 Å². The SMILES string of the molecule is CCc1ccccc1C(=O)N(C)[C@H](C)CC(=O)O. The lowest BCUT2D eigenvalue weighted by atomic mass is 10.0. The first-order chi connectivity index (χ1) is 8.47. The molecule has 0 bridgehead atoms. The van der Waals surface area contributed by atoms with Gasteiger partial charge in [0.15, 0.2) is 0 Å². The normalized spacial score (nSPS) is 11.9. The molecular formula is C14H19NO3. The van der Waals surface area contributed by atoms with E-state index in [0.717, 1.165) is 12.0 Å². The first-order valence-corrected chi connectivity index (χ1v) is 6.04. The third-order valence-corrected chi connectivity index (χ3v) is 3.08. The van der Waals surface area contributed by atoms with Crippen molar-refractivity contribution in [1.82, 2.24) is 4.90 Å². The molecule has 98 valence electrons. The number of carbonyl (C=O) groups is 2. The van der Waals surface area contributed by atoms with Crippen molar-refractivity contribution in [2.75, 3.05) is 7.05 Å². The molecule has 0 saturated carbocycles. The second-order valence-electron chi connectivity index (χ2n) is 4.37. The van der Waals surface area contributed by atoms with E-state index < -0.39 is 5.97 Å². The summed E-state index contributed by atoms with van der Waals surface area (Å²) in [6, 6.07) is 7.10. The fraction of sp³-hybridized carbons (Fsp3) is 0.429. The number of carboxylic acid groups (broad SMARTS) is 1. The molecule has 1 amide bonds. The van der Waals surface area contributed by atoms with Crippen LogP contribution >= 0.6 is 0 Å². The molecule has 1 rings (SSSR count). The van der Waals surface area contributed by atoms with Crippen molar-refractivity contribution in [3.8, 4) is 0 Å². The van der Waals surface area contributed by atoms with Crippen molar-refractivity contribution in [2.45, 2.75) is 32.7 Å². The second-order valence-corrected chi connectivity index (χ2v) is 4.37. The third kappa shape index (κ3) is 3.32. The van der Waals surface area contributed by atoms with E-state index in [4.69, 9.17) is 5.11 Å². The number of carbonyl (C=O) groups excluding carboxylic acids is 1. The van der Waals surface area contributed by atoms with Gasteiger partial charge in [0.25, 0.3) is 5.91 Å². The molecule has 4 nitrogen and oxygen atoms in total. The molecule has 0 radical (unpaired) electrons. The zero-order valence-corrected chi connectivity index (χ0v) is 11.0. The lowest BCUT2D eigenvalue weighted by Gasteiger charge is -2.24. The van der Waals surface area contributed by atoms with Crippen LogP contribution in [0.5, 0.6) is 0 Å². The Balaban J connectivity index is 2.89. The van der Waals surface area contributed by atoms with Crippen molar-refractivity contribution < 1.29 is 14.7 Å². The van der Waals surface area contributed by atoms with Crippen LogP contribution in [0.15, 0.2) is 24.3 Å². The first kappa shape index (κ1) is 14.2. The smallest absolute Gasteiger partial charge is 0.305 e. The van der Waals surface area contributed by atoms with Crippen LogP contribution < -0.4 is 0 Å². The van der Waals surface area contributed by atoms with Gasteiger partial charge in [-0.2, -0.15) is 0 Å². The van der Waals surface area contributed by atoms with Crippen LogP contribution in [-0.4, -0.2) is 35.0 Å². The summed E-state index contributed by atoms with van der Waals surface area (Å²) < 4.78 is 0. The maximum absolute atomic E-state index is 12.3. The number of aliphatic carboxylic acids is 1. The van der Waals surface area contributed by atoms with E-state index >= 15 is 0 Å². The molecule has 0 unspecified atom stereocenters. The lowest BCUT2D eigenvalue weighted by Crippen LogP contribution is -2.36. The van der Waals surface area contributed by atoms with E-state index in [1.165, 1.54) is 4.90 Å². The number of hydrogen-bond donors (Lipinski definition) is 1. The minimum atomic E-state index is -0.897. The number of carboxylic acids is 1. The predicted octanol–water partition coefficient (Wildman–Crippen LogP) is 2.18. The zero-order chi connectivity index (χ0) is 13.7. The van der Waals surface area contributed by atoms with Crippen LogP contribution in [0.3, 0.4) is 0 Å². The van der Waals surface area contributed by atoms with E-state index in [0.29, 0.717) is 5.56 Å². The van der Waals surface area contributed by atoms with Crippen molar-refractivity contribution in [3.05, 3.63) is 35.4 Å². The summed E-state index contributed by atoms with van der Waals surface area (Å²) in [5.74, 6) is -1.02. The number of benzene rings is 1. The maximum atomic E-state index is 12.3. The fourth-order valence-corrected chi connectivity index (χ4v) is 1.82. The Morgan fingerprint density at radius 3 is 2.50 bits per heavy atom. The van der Waals surface area contributed by atoms with Gasteiger partial charge in [-0.25, -0.2) is 0 Å². The quantitative estimate of drug-likeness (QED) is 0.870. The van der Waals surface area contributed by atoms with Gasteiger partial charge in [0.1, 0.15) is 0 Å². The summed E-state index contributed by atoms with van der Waals surface area (Å²) in [5, 5.41) is 8.75. The fourth-order valence-electron chi connectivity index (χ4n) is 1.82. The van der Waals surface area contributed by atoms with Crippen LogP contribution in [-0.2, 0) is 11.2 Å². The van der Waals surface area contributed by atoms with Crippen molar-refractivity contribution >= 4 is 11.9 Å². The molecule has 1 aromatic rings. The monoisotopic (exact) mass is 249 g/mol. The lowest BCUT2D eigenvalue weighted by molar-refractivity contribution is -0.137. The summed E-state index contributed by atoms with van der Waals surface area (Å²) in [6.45, 7) is 3.73. The molecule has 1 aromatic carbocycles. The summed E-state index contributed by atoms with van der Waals surface area (Å²) >= 11 is 0. The Kier molecular flexibility index (Phi) is 4.89. The topological polar surface area (TPSA) is 57.6 Å². The van der Waals surface area contributed by atoms with E-state index in [2.05, 4.69) is 0 Å². The molecule has 0 spiro atoms. The van der Waals surface area contributed by atoms with Crippen LogP contribution in [0.1, 0.15) is 36.2 Å². The number of amides is 1. The minimum Gasteiger partial charge on any atom is -0.481 e. The Hall–Kier alpha value is -1.84. The maximum Gasteiger partial charge on any atom is 0.305 e. The Morgan fingerprint density at radius 1 is 1.33 bits per heavy atom. The molecular weight excluding hydrogens is 230 g/mol. The molecule has 18 heavy (non-hydrogen) atoms. The van der Waals surface area contributed by atoms with Crippen LogP contribution in [0.2, 0.25) is 0 Å². The molecule has 0 aliphatic carbocycles. The van der Waals surface area contributed by atoms with E-state index in [1.807, 2.05) is 25.1 Å². The Labute approximate surface area is 107 Å². The summed E-state index contributed by atoms with van der Waals surface area (Å²) in [7, 11) is 1.64. The standard InChI is InChI=1S/C14H19NO3/c1-4-11-7-5-6-8-12(11)14(18)15(3)10(2)9-13(16)17/h5-8,10H,4,9H2,1-3H3,(H,16,17)/t10-/m1/s1. The molecule has 0 aromatic heterocycles. The highest BCUT2D eigenvalue weighted by molar-refractivity contribution is 5.95. The molecule has 0 saturated heterocycles. The van der Waals surface area contributed by atoms with Crippen molar-refractivity contribution in [1.29, 1.82) is 0 Å². The summed E-state index contributed by atoms with van der Waals surface area (Å²) in [5.41, 5.74) is 1.64. The highest BCUT2D eigenvalue weighted by Gasteiger charge is 2.20. The van der Waals surface area contributed by atoms with E-state index in [1.54, 1.807) is 20.0 Å². The van der Waals surface area contributed by atoms with Gasteiger partial charge >= 0.3 is 5.97 Å². The average Bonchev–Trinajstić information content (AvgIpc) is 2.36. The highest BCUT2D eigenvalue weighted by atomic mass is 16.4.